The average Bonchev–Trinajstić information content (AvgIpc) is 2.67. The number of ketones is 1. The second-order valence-corrected chi connectivity index (χ2v) is 14.0. The van der Waals surface area contributed by atoms with Crippen molar-refractivity contribution >= 4 is 25.9 Å². The van der Waals surface area contributed by atoms with Crippen molar-refractivity contribution in [1.29, 1.82) is 0 Å². The minimum atomic E-state index is -2.24. The van der Waals surface area contributed by atoms with Crippen LogP contribution in [0.4, 0.5) is 10.5 Å². The van der Waals surface area contributed by atoms with E-state index in [4.69, 9.17) is 9.16 Å². The predicted octanol–water partition coefficient (Wildman–Crippen LogP) is 6.45. The van der Waals surface area contributed by atoms with Crippen LogP contribution in [-0.4, -0.2) is 27.3 Å². The summed E-state index contributed by atoms with van der Waals surface area (Å²) in [7, 11) is -0.905. The maximum atomic E-state index is 12.7. The summed E-state index contributed by atoms with van der Waals surface area (Å²) in [6, 6.07) is 7.49. The Morgan fingerprint density at radius 3 is 2.14 bits per heavy atom. The van der Waals surface area contributed by atoms with Crippen LogP contribution in [0.5, 0.6) is 5.75 Å². The summed E-state index contributed by atoms with van der Waals surface area (Å²) >= 11 is 0. The van der Waals surface area contributed by atoms with Gasteiger partial charge in [0.05, 0.1) is 18.5 Å². The van der Waals surface area contributed by atoms with Crippen molar-refractivity contribution in [2.75, 3.05) is 12.0 Å². The first kappa shape index (κ1) is 23.2. The number of nitrogens with zero attached hydrogens (tertiary/aromatic N) is 1. The fourth-order valence-corrected chi connectivity index (χ4v) is 9.91. The zero-order valence-corrected chi connectivity index (χ0v) is 19.8. The van der Waals surface area contributed by atoms with Crippen LogP contribution in [-0.2, 0) is 9.53 Å². The lowest BCUT2D eigenvalue weighted by atomic mass is 10.0. The number of carbonyl (C=O) groups is 2. The topological polar surface area (TPSA) is 55.8 Å². The molecule has 1 aliphatic rings. The third-order valence-corrected chi connectivity index (χ3v) is 11.9. The SMILES string of the molecule is COC(=O)N(C1=CCCCC1=O)c1ccccc1O[Si](C(C)C)(C(C)C)C(C)C. The Morgan fingerprint density at radius 2 is 1.62 bits per heavy atom. The van der Waals surface area contributed by atoms with Crippen LogP contribution in [0.2, 0.25) is 16.6 Å². The first-order valence-electron chi connectivity index (χ1n) is 10.6. The van der Waals surface area contributed by atoms with Crippen molar-refractivity contribution in [1.82, 2.24) is 0 Å². The molecule has 5 nitrogen and oxygen atoms in total. The Hall–Kier alpha value is -2.08. The summed E-state index contributed by atoms with van der Waals surface area (Å²) in [5.41, 5.74) is 2.11. The molecule has 1 aliphatic carbocycles. The molecule has 29 heavy (non-hydrogen) atoms. The van der Waals surface area contributed by atoms with Gasteiger partial charge in [0.1, 0.15) is 5.75 Å². The number of Topliss-reactive ketones (excluding diaryl/α,β-unsaturated/α-hetero) is 1. The number of hydrogen-bond acceptors (Lipinski definition) is 4. The fourth-order valence-electron chi connectivity index (χ4n) is 4.65. The molecule has 6 heteroatoms. The largest absolute Gasteiger partial charge is 0.541 e. The third kappa shape index (κ3) is 4.58. The number of anilines is 1. The molecule has 0 aromatic heterocycles. The number of methoxy groups -OCH3 is 1. The highest BCUT2D eigenvalue weighted by Crippen LogP contribution is 2.45. The third-order valence-electron chi connectivity index (χ3n) is 5.93. The lowest BCUT2D eigenvalue weighted by molar-refractivity contribution is -0.116. The standard InChI is InChI=1S/C23H35NO4Si/c1-16(2)29(17(3)4,18(5)6)28-22-15-11-9-13-20(22)24(23(26)27-7)19-12-8-10-14-21(19)25/h9,11-13,15-18H,8,10,14H2,1-7H3. The Bertz CT molecular complexity index is 748. The molecule has 0 atom stereocenters. The molecule has 0 heterocycles. The van der Waals surface area contributed by atoms with E-state index in [9.17, 15) is 9.59 Å². The van der Waals surface area contributed by atoms with E-state index in [0.717, 1.165) is 12.8 Å². The van der Waals surface area contributed by atoms with Gasteiger partial charge in [-0.15, -0.1) is 0 Å². The fraction of sp³-hybridized carbons (Fsp3) is 0.565. The van der Waals surface area contributed by atoms with Gasteiger partial charge in [-0.2, -0.15) is 0 Å². The van der Waals surface area contributed by atoms with Gasteiger partial charge in [0.2, 0.25) is 0 Å². The van der Waals surface area contributed by atoms with E-state index in [-0.39, 0.29) is 5.78 Å². The van der Waals surface area contributed by atoms with Crippen molar-refractivity contribution < 1.29 is 18.8 Å². The van der Waals surface area contributed by atoms with Crippen LogP contribution >= 0.6 is 0 Å². The zero-order chi connectivity index (χ0) is 21.8. The molecule has 160 valence electrons. The first-order valence-corrected chi connectivity index (χ1v) is 12.7. The van der Waals surface area contributed by atoms with Gasteiger partial charge in [0.15, 0.2) is 5.78 Å². The van der Waals surface area contributed by atoms with Crippen LogP contribution in [0.3, 0.4) is 0 Å². The molecule has 0 spiro atoms. The Kier molecular flexibility index (Phi) is 7.69. The summed E-state index contributed by atoms with van der Waals surface area (Å²) in [6.45, 7) is 13.3. The molecular formula is C23H35NO4Si. The second kappa shape index (κ2) is 9.61. The molecule has 1 amide bonds. The van der Waals surface area contributed by atoms with Gasteiger partial charge in [-0.25, -0.2) is 9.69 Å². The van der Waals surface area contributed by atoms with Gasteiger partial charge in [0, 0.05) is 6.42 Å². The van der Waals surface area contributed by atoms with Crippen LogP contribution < -0.4 is 9.33 Å². The molecule has 0 fully saturated rings. The number of ether oxygens (including phenoxy) is 1. The normalized spacial score (nSPS) is 15.0. The molecule has 0 unspecified atom stereocenters. The van der Waals surface area contributed by atoms with Crippen molar-refractivity contribution in [3.05, 3.63) is 36.0 Å². The Balaban J connectivity index is 2.61. The number of carbonyl (C=O) groups excluding carboxylic acids is 2. The number of benzene rings is 1. The van der Waals surface area contributed by atoms with Crippen LogP contribution in [0.1, 0.15) is 60.8 Å². The summed E-state index contributed by atoms with van der Waals surface area (Å²) in [4.78, 5) is 26.7. The summed E-state index contributed by atoms with van der Waals surface area (Å²) < 4.78 is 11.9. The number of para-hydroxylation sites is 2. The van der Waals surface area contributed by atoms with Crippen LogP contribution in [0.15, 0.2) is 36.0 Å². The molecule has 0 bridgehead atoms. The van der Waals surface area contributed by atoms with Gasteiger partial charge in [-0.1, -0.05) is 59.8 Å². The van der Waals surface area contributed by atoms with Crippen LogP contribution in [0.25, 0.3) is 0 Å². The van der Waals surface area contributed by atoms with E-state index in [1.165, 1.54) is 12.0 Å². The monoisotopic (exact) mass is 417 g/mol. The van der Waals surface area contributed by atoms with E-state index in [0.29, 0.717) is 40.2 Å². The smallest absolute Gasteiger partial charge is 0.418 e. The van der Waals surface area contributed by atoms with E-state index in [2.05, 4.69) is 41.5 Å². The van der Waals surface area contributed by atoms with Crippen molar-refractivity contribution in [2.45, 2.75) is 77.4 Å². The summed E-state index contributed by atoms with van der Waals surface area (Å²) in [5, 5.41) is 0. The lowest BCUT2D eigenvalue weighted by Gasteiger charge is -2.43. The molecule has 0 saturated carbocycles. The Morgan fingerprint density at radius 1 is 1.03 bits per heavy atom. The molecule has 0 saturated heterocycles. The van der Waals surface area contributed by atoms with Gasteiger partial charge in [0.25, 0.3) is 8.32 Å². The molecule has 1 aromatic rings. The minimum absolute atomic E-state index is 0.0449. The molecule has 1 aromatic carbocycles. The van der Waals surface area contributed by atoms with Gasteiger partial charge < -0.3 is 9.16 Å². The maximum absolute atomic E-state index is 12.7. The lowest BCUT2D eigenvalue weighted by Crippen LogP contribution is -2.51. The highest BCUT2D eigenvalue weighted by molar-refractivity contribution is 6.78. The number of amides is 1. The van der Waals surface area contributed by atoms with Crippen molar-refractivity contribution in [2.24, 2.45) is 0 Å². The molecule has 2 rings (SSSR count). The molecule has 0 N–H and O–H groups in total. The van der Waals surface area contributed by atoms with Gasteiger partial charge in [-0.05, 0) is 41.6 Å². The highest BCUT2D eigenvalue weighted by Gasteiger charge is 2.47. The second-order valence-electron chi connectivity index (χ2n) is 8.60. The average molecular weight is 418 g/mol. The first-order chi connectivity index (χ1) is 13.7. The van der Waals surface area contributed by atoms with E-state index in [1.54, 1.807) is 0 Å². The summed E-state index contributed by atoms with van der Waals surface area (Å²) in [6.07, 6.45) is 3.26. The van der Waals surface area contributed by atoms with Crippen molar-refractivity contribution in [3.8, 4) is 5.75 Å². The number of allylic oxidation sites excluding steroid dienone is 2. The van der Waals surface area contributed by atoms with E-state index < -0.39 is 14.4 Å². The quantitative estimate of drug-likeness (QED) is 0.478. The molecular weight excluding hydrogens is 382 g/mol. The maximum Gasteiger partial charge on any atom is 0.418 e. The zero-order valence-electron chi connectivity index (χ0n) is 18.8. The van der Waals surface area contributed by atoms with E-state index >= 15 is 0 Å². The van der Waals surface area contributed by atoms with Crippen molar-refractivity contribution in [3.63, 3.8) is 0 Å². The van der Waals surface area contributed by atoms with Crippen LogP contribution in [0, 0.1) is 0 Å². The number of hydrogen-bond donors (Lipinski definition) is 0. The minimum Gasteiger partial charge on any atom is -0.541 e. The highest BCUT2D eigenvalue weighted by atomic mass is 28.4. The van der Waals surface area contributed by atoms with Gasteiger partial charge >= 0.3 is 6.09 Å². The Labute approximate surface area is 176 Å². The van der Waals surface area contributed by atoms with E-state index in [1.807, 2.05) is 30.3 Å². The predicted molar refractivity (Wildman–Crippen MR) is 120 cm³/mol. The van der Waals surface area contributed by atoms with Gasteiger partial charge in [-0.3, -0.25) is 4.79 Å². The molecule has 0 radical (unpaired) electrons. The molecule has 0 aliphatic heterocycles. The summed E-state index contributed by atoms with van der Waals surface area (Å²) in [5.74, 6) is 0.594. The number of rotatable bonds is 7.